The lowest BCUT2D eigenvalue weighted by Gasteiger charge is -2.37. The van der Waals surface area contributed by atoms with E-state index in [0.717, 1.165) is 25.9 Å². The first-order valence-corrected chi connectivity index (χ1v) is 6.63. The van der Waals surface area contributed by atoms with Gasteiger partial charge in [0, 0.05) is 19.1 Å². The quantitative estimate of drug-likeness (QED) is 0.792. The molecule has 1 heterocycles. The number of ether oxygens (including phenoxy) is 1. The average Bonchev–Trinajstić information content (AvgIpc) is 2.27. The van der Waals surface area contributed by atoms with E-state index in [1.54, 1.807) is 0 Å². The maximum atomic E-state index is 11.2. The van der Waals surface area contributed by atoms with Gasteiger partial charge in [-0.05, 0) is 31.7 Å². The van der Waals surface area contributed by atoms with E-state index in [4.69, 9.17) is 0 Å². The fourth-order valence-corrected chi connectivity index (χ4v) is 2.56. The third kappa shape index (κ3) is 4.82. The molecule has 0 saturated carbocycles. The number of rotatable bonds is 4. The Hall–Kier alpha value is -0.810. The number of methoxy groups -OCH3 is 1. The molecule has 0 aromatic carbocycles. The van der Waals surface area contributed by atoms with Crippen LogP contribution in [0.3, 0.4) is 0 Å². The van der Waals surface area contributed by atoms with E-state index in [2.05, 4.69) is 15.0 Å². The smallest absolute Gasteiger partial charge is 0.407 e. The second kappa shape index (κ2) is 6.95. The molecule has 1 aliphatic heterocycles. The van der Waals surface area contributed by atoms with Crippen LogP contribution in [-0.2, 0) is 4.74 Å². The summed E-state index contributed by atoms with van der Waals surface area (Å²) < 4.78 is 4.62. The highest BCUT2D eigenvalue weighted by Crippen LogP contribution is 2.23. The van der Waals surface area contributed by atoms with Gasteiger partial charge in [0.05, 0.1) is 13.2 Å². The van der Waals surface area contributed by atoms with Crippen molar-refractivity contribution in [1.29, 1.82) is 0 Å². The number of nitrogens with zero attached hydrogens (tertiary/aromatic N) is 1. The number of hydrogen-bond acceptors (Lipinski definition) is 4. The molecule has 106 valence electrons. The van der Waals surface area contributed by atoms with Gasteiger partial charge >= 0.3 is 6.09 Å². The Labute approximate surface area is 109 Å². The van der Waals surface area contributed by atoms with Gasteiger partial charge in [-0.1, -0.05) is 13.8 Å². The number of hydrogen-bond donors (Lipinski definition) is 2. The molecule has 2 N–H and O–H groups in total. The lowest BCUT2D eigenvalue weighted by molar-refractivity contribution is 0.0678. The minimum Gasteiger partial charge on any atom is -0.453 e. The van der Waals surface area contributed by atoms with Crippen LogP contribution in [0.15, 0.2) is 0 Å². The normalized spacial score (nSPS) is 27.0. The molecule has 3 unspecified atom stereocenters. The molecule has 0 aromatic heterocycles. The molecule has 0 aromatic rings. The zero-order chi connectivity index (χ0) is 13.7. The Kier molecular flexibility index (Phi) is 5.88. The lowest BCUT2D eigenvalue weighted by Crippen LogP contribution is -2.50. The summed E-state index contributed by atoms with van der Waals surface area (Å²) in [6.45, 7) is 5.87. The van der Waals surface area contributed by atoms with Crippen molar-refractivity contribution in [3.05, 3.63) is 0 Å². The second-order valence-electron chi connectivity index (χ2n) is 5.70. The molecule has 1 fully saturated rings. The van der Waals surface area contributed by atoms with Crippen LogP contribution in [0.2, 0.25) is 0 Å². The Morgan fingerprint density at radius 1 is 1.50 bits per heavy atom. The highest BCUT2D eigenvalue weighted by Gasteiger charge is 2.28. The third-order valence-electron chi connectivity index (χ3n) is 3.57. The first-order valence-electron chi connectivity index (χ1n) is 6.63. The van der Waals surface area contributed by atoms with Crippen LogP contribution in [0, 0.1) is 11.8 Å². The molecule has 0 aliphatic carbocycles. The number of alkyl carbamates (subject to hydrolysis) is 1. The van der Waals surface area contributed by atoms with Crippen molar-refractivity contribution in [2.75, 3.05) is 27.2 Å². The van der Waals surface area contributed by atoms with E-state index in [9.17, 15) is 9.90 Å². The number of amides is 1. The number of likely N-dealkylation sites (tertiary alicyclic amines) is 1. The summed E-state index contributed by atoms with van der Waals surface area (Å²) in [7, 11) is 3.42. The molecule has 0 spiro atoms. The SMILES string of the molecule is COC(=O)NC1CC(CC(O)C(C)C)CN(C)C1. The van der Waals surface area contributed by atoms with Gasteiger partial charge in [0.15, 0.2) is 0 Å². The summed E-state index contributed by atoms with van der Waals surface area (Å²) in [6, 6.07) is 0.112. The molecular formula is C13H26N2O3. The molecule has 1 rings (SSSR count). The standard InChI is InChI=1S/C13H26N2O3/c1-9(2)12(16)6-10-5-11(8-15(3)7-10)14-13(17)18-4/h9-12,16H,5-8H2,1-4H3,(H,14,17). The van der Waals surface area contributed by atoms with Crippen LogP contribution in [0.4, 0.5) is 4.79 Å². The first-order chi connectivity index (χ1) is 8.42. The fourth-order valence-electron chi connectivity index (χ4n) is 2.56. The van der Waals surface area contributed by atoms with Crippen LogP contribution in [0.25, 0.3) is 0 Å². The van der Waals surface area contributed by atoms with Gasteiger partial charge in [-0.3, -0.25) is 0 Å². The van der Waals surface area contributed by atoms with E-state index in [0.29, 0.717) is 5.92 Å². The van der Waals surface area contributed by atoms with E-state index in [1.807, 2.05) is 20.9 Å². The summed E-state index contributed by atoms with van der Waals surface area (Å²) in [5, 5.41) is 12.8. The zero-order valence-electron chi connectivity index (χ0n) is 11.8. The summed E-state index contributed by atoms with van der Waals surface area (Å²) >= 11 is 0. The highest BCUT2D eigenvalue weighted by molar-refractivity contribution is 5.67. The predicted octanol–water partition coefficient (Wildman–Crippen LogP) is 1.07. The van der Waals surface area contributed by atoms with Gasteiger partial charge in [-0.15, -0.1) is 0 Å². The third-order valence-corrected chi connectivity index (χ3v) is 3.57. The topological polar surface area (TPSA) is 61.8 Å². The molecule has 1 saturated heterocycles. The van der Waals surface area contributed by atoms with Crippen molar-refractivity contribution in [2.24, 2.45) is 11.8 Å². The maximum Gasteiger partial charge on any atom is 0.407 e. The van der Waals surface area contributed by atoms with Gasteiger partial charge in [0.25, 0.3) is 0 Å². The number of aliphatic hydroxyl groups is 1. The van der Waals surface area contributed by atoms with Crippen molar-refractivity contribution >= 4 is 6.09 Å². The molecule has 0 radical (unpaired) electrons. The van der Waals surface area contributed by atoms with Crippen LogP contribution >= 0.6 is 0 Å². The minimum absolute atomic E-state index is 0.112. The van der Waals surface area contributed by atoms with E-state index in [1.165, 1.54) is 7.11 Å². The molecule has 18 heavy (non-hydrogen) atoms. The van der Waals surface area contributed by atoms with Gasteiger partial charge < -0.3 is 20.1 Å². The average molecular weight is 258 g/mol. The Bertz CT molecular complexity index is 271. The molecule has 5 heteroatoms. The predicted molar refractivity (Wildman–Crippen MR) is 70.4 cm³/mol. The zero-order valence-corrected chi connectivity index (χ0v) is 11.8. The maximum absolute atomic E-state index is 11.2. The van der Waals surface area contributed by atoms with Gasteiger partial charge in [0.2, 0.25) is 0 Å². The second-order valence-corrected chi connectivity index (χ2v) is 5.70. The molecule has 1 aliphatic rings. The Morgan fingerprint density at radius 2 is 2.17 bits per heavy atom. The summed E-state index contributed by atoms with van der Waals surface area (Å²) in [4.78, 5) is 13.4. The molecular weight excluding hydrogens is 232 g/mol. The van der Waals surface area contributed by atoms with Crippen molar-refractivity contribution < 1.29 is 14.6 Å². The van der Waals surface area contributed by atoms with Gasteiger partial charge in [-0.2, -0.15) is 0 Å². The Balaban J connectivity index is 2.47. The van der Waals surface area contributed by atoms with Crippen LogP contribution < -0.4 is 5.32 Å². The summed E-state index contributed by atoms with van der Waals surface area (Å²) in [5.41, 5.74) is 0. The summed E-state index contributed by atoms with van der Waals surface area (Å²) in [5.74, 6) is 0.701. The van der Waals surface area contributed by atoms with Crippen LogP contribution in [0.1, 0.15) is 26.7 Å². The number of carbonyl (C=O) groups excluding carboxylic acids is 1. The number of carbonyl (C=O) groups is 1. The molecule has 3 atom stereocenters. The van der Waals surface area contributed by atoms with E-state index < -0.39 is 0 Å². The van der Waals surface area contributed by atoms with Gasteiger partial charge in [0.1, 0.15) is 0 Å². The van der Waals surface area contributed by atoms with Crippen molar-refractivity contribution in [2.45, 2.75) is 38.8 Å². The van der Waals surface area contributed by atoms with Crippen LogP contribution in [0.5, 0.6) is 0 Å². The number of likely N-dealkylation sites (N-methyl/N-ethyl adjacent to an activating group) is 1. The number of piperidine rings is 1. The molecule has 1 amide bonds. The van der Waals surface area contributed by atoms with Gasteiger partial charge in [-0.25, -0.2) is 4.79 Å². The van der Waals surface area contributed by atoms with Crippen molar-refractivity contribution in [3.63, 3.8) is 0 Å². The fraction of sp³-hybridized carbons (Fsp3) is 0.923. The van der Waals surface area contributed by atoms with E-state index in [-0.39, 0.29) is 24.2 Å². The largest absolute Gasteiger partial charge is 0.453 e. The summed E-state index contributed by atoms with van der Waals surface area (Å²) in [6.07, 6.45) is 1.06. The van der Waals surface area contributed by atoms with Crippen LogP contribution in [-0.4, -0.2) is 55.5 Å². The molecule has 0 bridgehead atoms. The Morgan fingerprint density at radius 3 is 2.72 bits per heavy atom. The monoisotopic (exact) mass is 258 g/mol. The number of nitrogens with one attached hydrogen (secondary N) is 1. The minimum atomic E-state index is -0.376. The lowest BCUT2D eigenvalue weighted by atomic mass is 9.87. The van der Waals surface area contributed by atoms with E-state index >= 15 is 0 Å². The molecule has 5 nitrogen and oxygen atoms in total. The van der Waals surface area contributed by atoms with Crippen molar-refractivity contribution in [3.8, 4) is 0 Å². The highest BCUT2D eigenvalue weighted by atomic mass is 16.5. The first kappa shape index (κ1) is 15.2. The van der Waals surface area contributed by atoms with Crippen molar-refractivity contribution in [1.82, 2.24) is 10.2 Å². The number of aliphatic hydroxyl groups excluding tert-OH is 1.